The molecule has 4 rings (SSSR count). The number of ether oxygens (including phenoxy) is 3. The van der Waals surface area contributed by atoms with Crippen molar-refractivity contribution in [3.63, 3.8) is 0 Å². The van der Waals surface area contributed by atoms with Crippen LogP contribution in [0.5, 0.6) is 17.2 Å². The molecule has 0 bridgehead atoms. The van der Waals surface area contributed by atoms with Gasteiger partial charge in [-0.1, -0.05) is 42.0 Å². The summed E-state index contributed by atoms with van der Waals surface area (Å²) in [5.74, 6) is 0.688. The van der Waals surface area contributed by atoms with Crippen molar-refractivity contribution in [2.45, 2.75) is 30.8 Å². The molecule has 0 saturated carbocycles. The predicted octanol–water partition coefficient (Wildman–Crippen LogP) is 3.78. The lowest BCUT2D eigenvalue weighted by Crippen LogP contribution is -2.50. The van der Waals surface area contributed by atoms with Crippen LogP contribution in [0.3, 0.4) is 0 Å². The van der Waals surface area contributed by atoms with Crippen LogP contribution >= 0.6 is 0 Å². The Hall–Kier alpha value is -3.56. The molecule has 1 amide bonds. The first-order valence-corrected chi connectivity index (χ1v) is 12.5. The fraction of sp³-hybridized carbons (Fsp3) is 0.269. The van der Waals surface area contributed by atoms with Crippen LogP contribution < -0.4 is 19.5 Å². The number of nitrogens with zero attached hydrogens (tertiary/aromatic N) is 1. The molecule has 0 saturated heterocycles. The lowest BCUT2D eigenvalue weighted by Gasteiger charge is -2.35. The molecule has 9 heteroatoms. The topological polar surface area (TPSA) is 94.2 Å². The quantitative estimate of drug-likeness (QED) is 0.535. The number of benzene rings is 3. The summed E-state index contributed by atoms with van der Waals surface area (Å²) in [5.41, 5.74) is 3.16. The fourth-order valence-corrected chi connectivity index (χ4v) is 5.76. The maximum absolute atomic E-state index is 13.6. The zero-order valence-corrected chi connectivity index (χ0v) is 20.9. The number of methoxy groups -OCH3 is 3. The van der Waals surface area contributed by atoms with Crippen LogP contribution in [-0.4, -0.2) is 46.0 Å². The third-order valence-corrected chi connectivity index (χ3v) is 7.94. The summed E-state index contributed by atoms with van der Waals surface area (Å²) < 4.78 is 44.7. The third-order valence-electron chi connectivity index (χ3n) is 6.07. The van der Waals surface area contributed by atoms with Gasteiger partial charge < -0.3 is 19.5 Å². The molecule has 1 atom stereocenters. The van der Waals surface area contributed by atoms with Crippen LogP contribution in [0.4, 0.5) is 5.69 Å². The van der Waals surface area contributed by atoms with E-state index >= 15 is 0 Å². The van der Waals surface area contributed by atoms with E-state index < -0.39 is 22.0 Å². The van der Waals surface area contributed by atoms with Crippen molar-refractivity contribution in [3.05, 3.63) is 77.4 Å². The molecule has 0 aliphatic carbocycles. The number of carbonyl (C=O) groups is 1. The van der Waals surface area contributed by atoms with Crippen LogP contribution in [-0.2, 0) is 27.8 Å². The smallest absolute Gasteiger partial charge is 0.244 e. The molecule has 0 radical (unpaired) electrons. The Morgan fingerprint density at radius 1 is 0.914 bits per heavy atom. The average Bonchev–Trinajstić information content (AvgIpc) is 2.87. The van der Waals surface area contributed by atoms with Gasteiger partial charge in [-0.3, -0.25) is 4.79 Å². The minimum absolute atomic E-state index is 0.0969. The molecule has 3 aromatic rings. The maximum Gasteiger partial charge on any atom is 0.244 e. The van der Waals surface area contributed by atoms with E-state index in [1.807, 2.05) is 31.2 Å². The van der Waals surface area contributed by atoms with Gasteiger partial charge in [0, 0.05) is 24.4 Å². The van der Waals surface area contributed by atoms with Crippen molar-refractivity contribution in [1.29, 1.82) is 0 Å². The summed E-state index contributed by atoms with van der Waals surface area (Å²) in [7, 11) is 0.517. The Kier molecular flexibility index (Phi) is 7.00. The molecule has 3 aromatic carbocycles. The SMILES string of the molecule is COc1cc(NC(=O)C2Cc3ccccc3CN2S(=O)(=O)c2ccc(C)cc2)cc(OC)c1OC. The zero-order chi connectivity index (χ0) is 25.2. The number of carbonyl (C=O) groups excluding carboxylic acids is 1. The fourth-order valence-electron chi connectivity index (χ4n) is 4.20. The van der Waals surface area contributed by atoms with Gasteiger partial charge in [-0.15, -0.1) is 0 Å². The van der Waals surface area contributed by atoms with E-state index in [0.717, 1.165) is 16.7 Å². The Morgan fingerprint density at radius 3 is 2.09 bits per heavy atom. The number of amides is 1. The highest BCUT2D eigenvalue weighted by Crippen LogP contribution is 2.40. The van der Waals surface area contributed by atoms with Gasteiger partial charge in [-0.25, -0.2) is 8.42 Å². The van der Waals surface area contributed by atoms with E-state index in [1.165, 1.54) is 25.6 Å². The summed E-state index contributed by atoms with van der Waals surface area (Å²) in [4.78, 5) is 13.7. The van der Waals surface area contributed by atoms with Gasteiger partial charge in [-0.2, -0.15) is 4.31 Å². The summed E-state index contributed by atoms with van der Waals surface area (Å²) in [5, 5.41) is 2.85. The first kappa shape index (κ1) is 24.6. The normalized spacial score (nSPS) is 15.7. The molecule has 1 aliphatic rings. The van der Waals surface area contributed by atoms with E-state index in [0.29, 0.717) is 22.9 Å². The highest BCUT2D eigenvalue weighted by molar-refractivity contribution is 7.89. The summed E-state index contributed by atoms with van der Waals surface area (Å²) >= 11 is 0. The van der Waals surface area contributed by atoms with Crippen molar-refractivity contribution in [3.8, 4) is 17.2 Å². The van der Waals surface area contributed by atoms with Gasteiger partial charge in [0.15, 0.2) is 11.5 Å². The van der Waals surface area contributed by atoms with Crippen LogP contribution in [0.25, 0.3) is 0 Å². The minimum atomic E-state index is -3.94. The van der Waals surface area contributed by atoms with Gasteiger partial charge in [-0.05, 0) is 36.6 Å². The van der Waals surface area contributed by atoms with E-state index in [-0.39, 0.29) is 17.9 Å². The minimum Gasteiger partial charge on any atom is -0.493 e. The number of anilines is 1. The molecular weight excluding hydrogens is 468 g/mol. The number of hydrogen-bond donors (Lipinski definition) is 1. The Balaban J connectivity index is 1.71. The summed E-state index contributed by atoms with van der Waals surface area (Å²) in [6.45, 7) is 1.99. The van der Waals surface area contributed by atoms with Crippen molar-refractivity contribution in [2.24, 2.45) is 0 Å². The molecular formula is C26H28N2O6S. The second kappa shape index (κ2) is 9.97. The summed E-state index contributed by atoms with van der Waals surface area (Å²) in [6.07, 6.45) is 0.248. The third kappa shape index (κ3) is 4.82. The van der Waals surface area contributed by atoms with Crippen molar-refractivity contribution in [2.75, 3.05) is 26.6 Å². The highest BCUT2D eigenvalue weighted by atomic mass is 32.2. The molecule has 1 N–H and O–H groups in total. The average molecular weight is 497 g/mol. The van der Waals surface area contributed by atoms with Gasteiger partial charge in [0.2, 0.25) is 21.7 Å². The second-order valence-corrected chi connectivity index (χ2v) is 10.1. The number of sulfonamides is 1. The van der Waals surface area contributed by atoms with Gasteiger partial charge in [0.1, 0.15) is 6.04 Å². The monoisotopic (exact) mass is 496 g/mol. The number of hydrogen-bond acceptors (Lipinski definition) is 6. The Morgan fingerprint density at radius 2 is 1.51 bits per heavy atom. The largest absolute Gasteiger partial charge is 0.493 e. The number of fused-ring (bicyclic) bond motifs is 1. The van der Waals surface area contributed by atoms with E-state index in [1.54, 1.807) is 36.4 Å². The van der Waals surface area contributed by atoms with Crippen LogP contribution in [0.1, 0.15) is 16.7 Å². The molecule has 1 unspecified atom stereocenters. The van der Waals surface area contributed by atoms with Gasteiger partial charge in [0.25, 0.3) is 0 Å². The van der Waals surface area contributed by atoms with E-state index in [2.05, 4.69) is 5.32 Å². The van der Waals surface area contributed by atoms with Crippen molar-refractivity contribution in [1.82, 2.24) is 4.31 Å². The number of rotatable bonds is 7. The Bertz CT molecular complexity index is 1310. The molecule has 0 fully saturated rings. The Labute approximate surface area is 205 Å². The summed E-state index contributed by atoms with van der Waals surface area (Å²) in [6, 6.07) is 16.5. The molecule has 35 heavy (non-hydrogen) atoms. The van der Waals surface area contributed by atoms with Gasteiger partial charge in [0.05, 0.1) is 26.2 Å². The van der Waals surface area contributed by atoms with Crippen LogP contribution in [0.2, 0.25) is 0 Å². The molecule has 184 valence electrons. The molecule has 0 spiro atoms. The molecule has 1 aliphatic heterocycles. The number of nitrogens with one attached hydrogen (secondary N) is 1. The standard InChI is InChI=1S/C26H28N2O6S/c1-17-9-11-21(12-10-17)35(30,31)28-16-19-8-6-5-7-18(19)13-22(28)26(29)27-20-14-23(32-2)25(34-4)24(15-20)33-3/h5-12,14-15,22H,13,16H2,1-4H3,(H,27,29). The molecule has 0 aromatic heterocycles. The van der Waals surface area contributed by atoms with Crippen molar-refractivity contribution >= 4 is 21.6 Å². The van der Waals surface area contributed by atoms with Gasteiger partial charge >= 0.3 is 0 Å². The molecule has 1 heterocycles. The lowest BCUT2D eigenvalue weighted by atomic mass is 9.95. The van der Waals surface area contributed by atoms with Crippen LogP contribution in [0, 0.1) is 6.92 Å². The number of aryl methyl sites for hydroxylation is 1. The lowest BCUT2D eigenvalue weighted by molar-refractivity contribution is -0.120. The maximum atomic E-state index is 13.6. The zero-order valence-electron chi connectivity index (χ0n) is 20.1. The highest BCUT2D eigenvalue weighted by Gasteiger charge is 2.39. The van der Waals surface area contributed by atoms with Crippen LogP contribution in [0.15, 0.2) is 65.6 Å². The first-order chi connectivity index (χ1) is 16.8. The molecule has 8 nitrogen and oxygen atoms in total. The van der Waals surface area contributed by atoms with Crippen molar-refractivity contribution < 1.29 is 27.4 Å². The predicted molar refractivity (Wildman–Crippen MR) is 133 cm³/mol. The van der Waals surface area contributed by atoms with E-state index in [4.69, 9.17) is 14.2 Å². The van der Waals surface area contributed by atoms with E-state index in [9.17, 15) is 13.2 Å². The second-order valence-electron chi connectivity index (χ2n) is 8.26. The first-order valence-electron chi connectivity index (χ1n) is 11.0.